The summed E-state index contributed by atoms with van der Waals surface area (Å²) in [6.07, 6.45) is 0.793. The Morgan fingerprint density at radius 3 is 2.89 bits per heavy atom. The number of carbonyl (C=O) groups is 1. The summed E-state index contributed by atoms with van der Waals surface area (Å²) in [7, 11) is 1.76. The van der Waals surface area contributed by atoms with Crippen molar-refractivity contribution in [2.24, 2.45) is 5.73 Å². The number of carbonyl (C=O) groups excluding carboxylic acids is 1. The first-order valence-corrected chi connectivity index (χ1v) is 6.07. The average Bonchev–Trinajstić information content (AvgIpc) is 2.77. The number of nitrogens with two attached hydrogens (primary N) is 1. The fraction of sp³-hybridized carbons (Fsp3) is 0.357. The van der Waals surface area contributed by atoms with E-state index in [2.05, 4.69) is 0 Å². The minimum absolute atomic E-state index is 0.0997. The molecule has 2 N–H and O–H groups in total. The second kappa shape index (κ2) is 5.23. The maximum atomic E-state index is 12.1. The molecule has 1 aromatic carbocycles. The zero-order valence-electron chi connectivity index (χ0n) is 10.8. The van der Waals surface area contributed by atoms with Gasteiger partial charge in [0, 0.05) is 19.0 Å². The van der Waals surface area contributed by atoms with Crippen LogP contribution >= 0.6 is 0 Å². The van der Waals surface area contributed by atoms with Crippen LogP contribution in [-0.2, 0) is 0 Å². The number of hydrogen-bond acceptors (Lipinski definition) is 3. The topological polar surface area (TPSA) is 59.5 Å². The Labute approximate surface area is 106 Å². The second-order valence-electron chi connectivity index (χ2n) is 4.52. The quantitative estimate of drug-likeness (QED) is 0.899. The molecule has 4 nitrogen and oxygen atoms in total. The number of fused-ring (bicyclic) bond motifs is 1. The third-order valence-corrected chi connectivity index (χ3v) is 2.93. The van der Waals surface area contributed by atoms with Gasteiger partial charge in [-0.15, -0.1) is 0 Å². The summed E-state index contributed by atoms with van der Waals surface area (Å²) in [5, 5.41) is 0.963. The number of hydrogen-bond donors (Lipinski definition) is 1. The molecular weight excluding hydrogens is 228 g/mol. The molecule has 0 aliphatic rings. The number of rotatable bonds is 4. The molecule has 2 aromatic rings. The van der Waals surface area contributed by atoms with E-state index in [9.17, 15) is 4.79 Å². The third kappa shape index (κ3) is 2.54. The lowest BCUT2D eigenvalue weighted by molar-refractivity contribution is 0.0765. The van der Waals surface area contributed by atoms with Gasteiger partial charge in [0.05, 0.1) is 0 Å². The summed E-state index contributed by atoms with van der Waals surface area (Å²) in [6, 6.07) is 7.67. The molecule has 1 amide bonds. The molecule has 0 atom stereocenters. The van der Waals surface area contributed by atoms with Crippen LogP contribution in [0.15, 0.2) is 28.7 Å². The SMILES string of the molecule is Cc1ccc2oc(C(=O)N(C)CCCN)cc2c1. The van der Waals surface area contributed by atoms with Gasteiger partial charge in [0.1, 0.15) is 5.58 Å². The van der Waals surface area contributed by atoms with Gasteiger partial charge in [0.25, 0.3) is 5.91 Å². The Morgan fingerprint density at radius 2 is 2.17 bits per heavy atom. The highest BCUT2D eigenvalue weighted by molar-refractivity contribution is 5.96. The first-order valence-electron chi connectivity index (χ1n) is 6.07. The monoisotopic (exact) mass is 246 g/mol. The fourth-order valence-corrected chi connectivity index (χ4v) is 1.89. The zero-order chi connectivity index (χ0) is 13.1. The number of amides is 1. The van der Waals surface area contributed by atoms with Crippen LogP contribution in [0, 0.1) is 6.92 Å². The van der Waals surface area contributed by atoms with Crippen molar-refractivity contribution in [1.82, 2.24) is 4.90 Å². The van der Waals surface area contributed by atoms with Crippen molar-refractivity contribution in [2.75, 3.05) is 20.1 Å². The average molecular weight is 246 g/mol. The van der Waals surface area contributed by atoms with Crippen LogP contribution in [0.2, 0.25) is 0 Å². The van der Waals surface area contributed by atoms with Gasteiger partial charge in [-0.25, -0.2) is 0 Å². The molecule has 0 spiro atoms. The molecule has 1 aromatic heterocycles. The molecule has 0 aliphatic carbocycles. The van der Waals surface area contributed by atoms with E-state index in [1.807, 2.05) is 25.1 Å². The van der Waals surface area contributed by atoms with Crippen LogP contribution in [0.3, 0.4) is 0 Å². The van der Waals surface area contributed by atoms with Crippen molar-refractivity contribution < 1.29 is 9.21 Å². The lowest BCUT2D eigenvalue weighted by Crippen LogP contribution is -2.28. The molecule has 4 heteroatoms. The van der Waals surface area contributed by atoms with Crippen molar-refractivity contribution in [2.45, 2.75) is 13.3 Å². The summed E-state index contributed by atoms with van der Waals surface area (Å²) in [5.74, 6) is 0.285. The third-order valence-electron chi connectivity index (χ3n) is 2.93. The molecule has 0 saturated carbocycles. The minimum Gasteiger partial charge on any atom is -0.451 e. The lowest BCUT2D eigenvalue weighted by Gasteiger charge is -2.14. The molecule has 0 saturated heterocycles. The van der Waals surface area contributed by atoms with Crippen molar-refractivity contribution in [3.05, 3.63) is 35.6 Å². The van der Waals surface area contributed by atoms with Gasteiger partial charge in [-0.2, -0.15) is 0 Å². The normalized spacial score (nSPS) is 10.8. The number of nitrogens with zero attached hydrogens (tertiary/aromatic N) is 1. The van der Waals surface area contributed by atoms with Crippen molar-refractivity contribution in [3.8, 4) is 0 Å². The van der Waals surface area contributed by atoms with E-state index in [-0.39, 0.29) is 5.91 Å². The van der Waals surface area contributed by atoms with Crippen LogP contribution in [0.25, 0.3) is 11.0 Å². The van der Waals surface area contributed by atoms with E-state index in [1.54, 1.807) is 18.0 Å². The second-order valence-corrected chi connectivity index (χ2v) is 4.52. The van der Waals surface area contributed by atoms with Gasteiger partial charge < -0.3 is 15.1 Å². The van der Waals surface area contributed by atoms with E-state index in [0.29, 0.717) is 18.8 Å². The van der Waals surface area contributed by atoms with Crippen LogP contribution in [0.5, 0.6) is 0 Å². The van der Waals surface area contributed by atoms with Crippen molar-refractivity contribution in [3.63, 3.8) is 0 Å². The zero-order valence-corrected chi connectivity index (χ0v) is 10.8. The van der Waals surface area contributed by atoms with Gasteiger partial charge in [0.2, 0.25) is 0 Å². The summed E-state index contributed by atoms with van der Waals surface area (Å²) < 4.78 is 5.56. The Hall–Kier alpha value is -1.81. The summed E-state index contributed by atoms with van der Waals surface area (Å²) >= 11 is 0. The number of furan rings is 1. The van der Waals surface area contributed by atoms with Gasteiger partial charge in [0.15, 0.2) is 5.76 Å². The van der Waals surface area contributed by atoms with Gasteiger partial charge in [-0.05, 0) is 38.1 Å². The molecule has 0 bridgehead atoms. The smallest absolute Gasteiger partial charge is 0.289 e. The first-order chi connectivity index (χ1) is 8.61. The van der Waals surface area contributed by atoms with Gasteiger partial charge >= 0.3 is 0 Å². The van der Waals surface area contributed by atoms with E-state index >= 15 is 0 Å². The van der Waals surface area contributed by atoms with Crippen LogP contribution in [0.1, 0.15) is 22.5 Å². The van der Waals surface area contributed by atoms with E-state index in [0.717, 1.165) is 23.0 Å². The van der Waals surface area contributed by atoms with Crippen LogP contribution in [0.4, 0.5) is 0 Å². The Bertz CT molecular complexity index is 560. The van der Waals surface area contributed by atoms with Crippen molar-refractivity contribution >= 4 is 16.9 Å². The molecule has 0 radical (unpaired) electrons. The molecule has 1 heterocycles. The standard InChI is InChI=1S/C14H18N2O2/c1-10-4-5-12-11(8-10)9-13(18-12)14(17)16(2)7-3-6-15/h4-5,8-9H,3,6-7,15H2,1-2H3. The molecular formula is C14H18N2O2. The van der Waals surface area contributed by atoms with Gasteiger partial charge in [-0.1, -0.05) is 11.6 Å². The highest BCUT2D eigenvalue weighted by atomic mass is 16.3. The molecule has 2 rings (SSSR count). The predicted octanol–water partition coefficient (Wildman–Crippen LogP) is 2.16. The van der Waals surface area contributed by atoms with Crippen LogP contribution < -0.4 is 5.73 Å². The maximum absolute atomic E-state index is 12.1. The Morgan fingerprint density at radius 1 is 1.39 bits per heavy atom. The van der Waals surface area contributed by atoms with E-state index in [1.165, 1.54) is 0 Å². The van der Waals surface area contributed by atoms with Crippen molar-refractivity contribution in [1.29, 1.82) is 0 Å². The highest BCUT2D eigenvalue weighted by Crippen LogP contribution is 2.21. The Kier molecular flexibility index (Phi) is 3.67. The first kappa shape index (κ1) is 12.6. The highest BCUT2D eigenvalue weighted by Gasteiger charge is 2.16. The maximum Gasteiger partial charge on any atom is 0.289 e. The summed E-state index contributed by atoms with van der Waals surface area (Å²) in [5.41, 5.74) is 7.33. The Balaban J connectivity index is 2.22. The lowest BCUT2D eigenvalue weighted by atomic mass is 10.2. The largest absolute Gasteiger partial charge is 0.451 e. The minimum atomic E-state index is -0.0997. The number of aryl methyl sites for hydroxylation is 1. The molecule has 0 aliphatic heterocycles. The number of benzene rings is 1. The predicted molar refractivity (Wildman–Crippen MR) is 71.6 cm³/mol. The van der Waals surface area contributed by atoms with E-state index in [4.69, 9.17) is 10.2 Å². The molecule has 0 unspecified atom stereocenters. The fourth-order valence-electron chi connectivity index (χ4n) is 1.89. The molecule has 0 fully saturated rings. The van der Waals surface area contributed by atoms with E-state index < -0.39 is 0 Å². The summed E-state index contributed by atoms with van der Waals surface area (Å²) in [4.78, 5) is 13.7. The van der Waals surface area contributed by atoms with Crippen LogP contribution in [-0.4, -0.2) is 30.9 Å². The van der Waals surface area contributed by atoms with Gasteiger partial charge in [-0.3, -0.25) is 4.79 Å². The molecule has 18 heavy (non-hydrogen) atoms. The molecule has 96 valence electrons. The summed E-state index contributed by atoms with van der Waals surface area (Å²) in [6.45, 7) is 3.24.